The van der Waals surface area contributed by atoms with Crippen molar-refractivity contribution < 1.29 is 9.59 Å². The van der Waals surface area contributed by atoms with Gasteiger partial charge in [0.05, 0.1) is 0 Å². The van der Waals surface area contributed by atoms with Crippen LogP contribution in [0.15, 0.2) is 34.5 Å². The molecule has 0 bridgehead atoms. The average Bonchev–Trinajstić information content (AvgIpc) is 3.48. The molecule has 0 atom stereocenters. The SMILES string of the molecule is C#CCCC1(CCNC(=O)c2ccc(NC(=O)C3CC3)cc2)N=N1. The summed E-state index contributed by atoms with van der Waals surface area (Å²) in [5.74, 6) is 2.65. The van der Waals surface area contributed by atoms with E-state index in [1.54, 1.807) is 24.3 Å². The van der Waals surface area contributed by atoms with Crippen LogP contribution in [0.3, 0.4) is 0 Å². The van der Waals surface area contributed by atoms with E-state index < -0.39 is 0 Å². The molecule has 1 heterocycles. The maximum absolute atomic E-state index is 12.1. The van der Waals surface area contributed by atoms with Crippen LogP contribution in [0.4, 0.5) is 5.69 Å². The second kappa shape index (κ2) is 6.83. The fourth-order valence-corrected chi connectivity index (χ4v) is 2.44. The number of nitrogens with one attached hydrogen (secondary N) is 2. The molecule has 0 saturated heterocycles. The molecule has 0 unspecified atom stereocenters. The number of hydrogen-bond donors (Lipinski definition) is 2. The predicted molar refractivity (Wildman–Crippen MR) is 90.4 cm³/mol. The summed E-state index contributed by atoms with van der Waals surface area (Å²) in [5, 5.41) is 13.8. The third-order valence-electron chi connectivity index (χ3n) is 4.23. The highest BCUT2D eigenvalue weighted by Crippen LogP contribution is 2.36. The topological polar surface area (TPSA) is 82.9 Å². The van der Waals surface area contributed by atoms with Gasteiger partial charge in [0.1, 0.15) is 0 Å². The summed E-state index contributed by atoms with van der Waals surface area (Å²) in [6.45, 7) is 0.497. The van der Waals surface area contributed by atoms with Crippen molar-refractivity contribution in [1.82, 2.24) is 5.32 Å². The summed E-state index contributed by atoms with van der Waals surface area (Å²) in [4.78, 5) is 23.8. The first kappa shape index (κ1) is 16.2. The van der Waals surface area contributed by atoms with Gasteiger partial charge in [-0.2, -0.15) is 10.2 Å². The summed E-state index contributed by atoms with van der Waals surface area (Å²) in [6.07, 6.45) is 9.21. The van der Waals surface area contributed by atoms with E-state index in [-0.39, 0.29) is 23.4 Å². The molecule has 2 N–H and O–H groups in total. The van der Waals surface area contributed by atoms with Crippen LogP contribution in [-0.2, 0) is 4.79 Å². The lowest BCUT2D eigenvalue weighted by atomic mass is 10.0. The molecule has 24 heavy (non-hydrogen) atoms. The molecular weight excluding hydrogens is 304 g/mol. The van der Waals surface area contributed by atoms with Gasteiger partial charge in [0, 0.05) is 43.0 Å². The number of rotatable bonds is 8. The van der Waals surface area contributed by atoms with Gasteiger partial charge in [0.25, 0.3) is 5.91 Å². The van der Waals surface area contributed by atoms with Gasteiger partial charge in [-0.15, -0.1) is 12.3 Å². The van der Waals surface area contributed by atoms with Crippen molar-refractivity contribution in [3.8, 4) is 12.3 Å². The van der Waals surface area contributed by atoms with Crippen LogP contribution in [-0.4, -0.2) is 24.0 Å². The average molecular weight is 324 g/mol. The Labute approximate surface area is 141 Å². The molecule has 2 aliphatic rings. The Kier molecular flexibility index (Phi) is 4.61. The molecule has 124 valence electrons. The maximum atomic E-state index is 12.1. The number of benzene rings is 1. The Morgan fingerprint density at radius 1 is 1.21 bits per heavy atom. The smallest absolute Gasteiger partial charge is 0.251 e. The van der Waals surface area contributed by atoms with Gasteiger partial charge >= 0.3 is 0 Å². The second-order valence-electron chi connectivity index (χ2n) is 6.23. The normalized spacial score (nSPS) is 17.0. The first-order chi connectivity index (χ1) is 11.6. The minimum Gasteiger partial charge on any atom is -0.352 e. The number of anilines is 1. The molecule has 1 aliphatic heterocycles. The Morgan fingerprint density at radius 2 is 1.92 bits per heavy atom. The zero-order valence-corrected chi connectivity index (χ0v) is 13.4. The number of carbonyl (C=O) groups is 2. The quantitative estimate of drug-likeness (QED) is 0.721. The molecule has 0 aromatic heterocycles. The van der Waals surface area contributed by atoms with E-state index in [4.69, 9.17) is 6.42 Å². The van der Waals surface area contributed by atoms with Crippen LogP contribution in [0, 0.1) is 18.3 Å². The number of terminal acetylenes is 1. The van der Waals surface area contributed by atoms with Crippen LogP contribution in [0.2, 0.25) is 0 Å². The molecular formula is C18H20N4O2. The molecule has 0 radical (unpaired) electrons. The lowest BCUT2D eigenvalue weighted by Gasteiger charge is -2.10. The molecule has 2 amide bonds. The van der Waals surface area contributed by atoms with Crippen LogP contribution in [0.5, 0.6) is 0 Å². The lowest BCUT2D eigenvalue weighted by molar-refractivity contribution is -0.117. The van der Waals surface area contributed by atoms with Gasteiger partial charge in [0.15, 0.2) is 5.66 Å². The molecule has 1 aliphatic carbocycles. The number of carbonyl (C=O) groups excluding carboxylic acids is 2. The van der Waals surface area contributed by atoms with Crippen molar-refractivity contribution in [2.45, 2.75) is 37.8 Å². The van der Waals surface area contributed by atoms with E-state index >= 15 is 0 Å². The first-order valence-corrected chi connectivity index (χ1v) is 8.18. The molecule has 1 fully saturated rings. The third-order valence-corrected chi connectivity index (χ3v) is 4.23. The van der Waals surface area contributed by atoms with Gasteiger partial charge in [-0.1, -0.05) is 0 Å². The molecule has 1 saturated carbocycles. The van der Waals surface area contributed by atoms with Gasteiger partial charge in [0.2, 0.25) is 5.91 Å². The highest BCUT2D eigenvalue weighted by atomic mass is 16.2. The molecule has 6 nitrogen and oxygen atoms in total. The molecule has 1 aromatic rings. The fourth-order valence-electron chi connectivity index (χ4n) is 2.44. The number of amides is 2. The van der Waals surface area contributed by atoms with Gasteiger partial charge < -0.3 is 10.6 Å². The van der Waals surface area contributed by atoms with Crippen molar-refractivity contribution in [2.75, 3.05) is 11.9 Å². The van der Waals surface area contributed by atoms with Crippen LogP contribution >= 0.6 is 0 Å². The first-order valence-electron chi connectivity index (χ1n) is 8.18. The van der Waals surface area contributed by atoms with Gasteiger partial charge in [-0.3, -0.25) is 9.59 Å². The molecule has 0 spiro atoms. The Morgan fingerprint density at radius 3 is 2.50 bits per heavy atom. The van der Waals surface area contributed by atoms with Crippen molar-refractivity contribution in [2.24, 2.45) is 16.1 Å². The molecule has 1 aromatic carbocycles. The standard InChI is InChI=1S/C18H20N4O2/c1-2-3-10-18(21-22-18)11-12-19-16(23)13-6-8-15(9-7-13)20-17(24)14-4-5-14/h1,6-9,14H,3-5,10-12H2,(H,19,23)(H,20,24). The summed E-state index contributed by atoms with van der Waals surface area (Å²) >= 11 is 0. The Bertz CT molecular complexity index is 693. The summed E-state index contributed by atoms with van der Waals surface area (Å²) in [6, 6.07) is 6.90. The largest absolute Gasteiger partial charge is 0.352 e. The number of nitrogens with zero attached hydrogens (tertiary/aromatic N) is 2. The third kappa shape index (κ3) is 4.19. The summed E-state index contributed by atoms with van der Waals surface area (Å²) < 4.78 is 0. The second-order valence-corrected chi connectivity index (χ2v) is 6.23. The van der Waals surface area contributed by atoms with Crippen molar-refractivity contribution >= 4 is 17.5 Å². The van der Waals surface area contributed by atoms with Crippen molar-refractivity contribution in [3.63, 3.8) is 0 Å². The minimum absolute atomic E-state index is 0.0569. The van der Waals surface area contributed by atoms with E-state index in [1.807, 2.05) is 0 Å². The predicted octanol–water partition coefficient (Wildman–Crippen LogP) is 2.73. The van der Waals surface area contributed by atoms with Gasteiger partial charge in [-0.05, 0) is 37.1 Å². The van der Waals surface area contributed by atoms with Crippen LogP contribution < -0.4 is 10.6 Å². The maximum Gasteiger partial charge on any atom is 0.251 e. The summed E-state index contributed by atoms with van der Waals surface area (Å²) in [5.41, 5.74) is 0.894. The molecule has 3 rings (SSSR count). The lowest BCUT2D eigenvalue weighted by Crippen LogP contribution is -2.28. The van der Waals surface area contributed by atoms with Crippen LogP contribution in [0.25, 0.3) is 0 Å². The van der Waals surface area contributed by atoms with E-state index in [2.05, 4.69) is 26.8 Å². The van der Waals surface area contributed by atoms with E-state index in [0.29, 0.717) is 30.6 Å². The zero-order chi connectivity index (χ0) is 17.0. The fraction of sp³-hybridized carbons (Fsp3) is 0.444. The molecule has 6 heteroatoms. The van der Waals surface area contributed by atoms with Crippen molar-refractivity contribution in [3.05, 3.63) is 29.8 Å². The Balaban J connectivity index is 1.43. The van der Waals surface area contributed by atoms with E-state index in [9.17, 15) is 9.59 Å². The van der Waals surface area contributed by atoms with Crippen molar-refractivity contribution in [1.29, 1.82) is 0 Å². The number of hydrogen-bond acceptors (Lipinski definition) is 4. The Hall–Kier alpha value is -2.68. The monoisotopic (exact) mass is 324 g/mol. The highest BCUT2D eigenvalue weighted by molar-refractivity contribution is 5.96. The minimum atomic E-state index is -0.378. The summed E-state index contributed by atoms with van der Waals surface area (Å²) in [7, 11) is 0. The zero-order valence-electron chi connectivity index (χ0n) is 13.4. The van der Waals surface area contributed by atoms with E-state index in [1.165, 1.54) is 0 Å². The highest BCUT2D eigenvalue weighted by Gasteiger charge is 2.38. The van der Waals surface area contributed by atoms with Crippen LogP contribution in [0.1, 0.15) is 42.5 Å². The van der Waals surface area contributed by atoms with Gasteiger partial charge in [-0.25, -0.2) is 0 Å². The van der Waals surface area contributed by atoms with E-state index in [0.717, 1.165) is 19.3 Å².